The van der Waals surface area contributed by atoms with Crippen molar-refractivity contribution in [3.05, 3.63) is 23.3 Å². The molecular weight excluding hydrogens is 520 g/mol. The van der Waals surface area contributed by atoms with Crippen molar-refractivity contribution in [3.8, 4) is 0 Å². The molecule has 13 unspecified atom stereocenters. The van der Waals surface area contributed by atoms with E-state index < -0.39 is 58.7 Å². The summed E-state index contributed by atoms with van der Waals surface area (Å²) in [4.78, 5) is 26.1. The van der Waals surface area contributed by atoms with E-state index in [0.717, 1.165) is 6.42 Å². The van der Waals surface area contributed by atoms with Crippen LogP contribution in [0.2, 0.25) is 0 Å². The molecule has 0 bridgehead atoms. The summed E-state index contributed by atoms with van der Waals surface area (Å²) in [6, 6.07) is 0. The Kier molecular flexibility index (Phi) is 5.91. The Hall–Kier alpha value is -1.66. The van der Waals surface area contributed by atoms with E-state index >= 15 is 0 Å². The van der Waals surface area contributed by atoms with Crippen molar-refractivity contribution in [1.82, 2.24) is 0 Å². The fraction of sp³-hybridized carbons (Fsp3) is 0.800. The Labute approximate surface area is 233 Å². The van der Waals surface area contributed by atoms with E-state index in [1.54, 1.807) is 6.92 Å². The van der Waals surface area contributed by atoms with Crippen molar-refractivity contribution in [2.45, 2.75) is 107 Å². The lowest BCUT2D eigenvalue weighted by molar-refractivity contribution is -0.459. The number of Topliss-reactive ketones (excluding diaryl/α,β-unsaturated/α-hetero) is 1. The lowest BCUT2D eigenvalue weighted by Crippen LogP contribution is -2.73. The van der Waals surface area contributed by atoms with Crippen LogP contribution in [-0.2, 0) is 33.3 Å². The summed E-state index contributed by atoms with van der Waals surface area (Å²) >= 11 is 0. The predicted octanol–water partition coefficient (Wildman–Crippen LogP) is 1.55. The van der Waals surface area contributed by atoms with E-state index in [2.05, 4.69) is 6.92 Å². The van der Waals surface area contributed by atoms with Gasteiger partial charge in [0.2, 0.25) is 12.1 Å². The maximum Gasteiger partial charge on any atom is 0.331 e. The molecule has 3 saturated carbocycles. The van der Waals surface area contributed by atoms with Gasteiger partial charge in [-0.05, 0) is 68.8 Å². The summed E-state index contributed by atoms with van der Waals surface area (Å²) in [7, 11) is 1.53. The highest BCUT2D eigenvalue weighted by Gasteiger charge is 2.73. The highest BCUT2D eigenvalue weighted by Crippen LogP contribution is 2.68. The van der Waals surface area contributed by atoms with Crippen molar-refractivity contribution in [2.75, 3.05) is 13.7 Å². The van der Waals surface area contributed by atoms with Crippen molar-refractivity contribution < 1.29 is 48.6 Å². The molecule has 4 aliphatic carbocycles. The number of esters is 1. The number of methoxy groups -OCH3 is 1. The average Bonchev–Trinajstić information content (AvgIpc) is 3.45. The molecule has 0 radical (unpaired) electrons. The van der Waals surface area contributed by atoms with Crippen LogP contribution >= 0.6 is 0 Å². The predicted molar refractivity (Wildman–Crippen MR) is 137 cm³/mol. The second kappa shape index (κ2) is 8.69. The number of fused-ring (bicyclic) bond motifs is 7. The minimum absolute atomic E-state index is 0.0698. The third-order valence-electron chi connectivity index (χ3n) is 11.9. The monoisotopic (exact) mass is 560 g/mol. The van der Waals surface area contributed by atoms with Crippen molar-refractivity contribution in [1.29, 1.82) is 0 Å². The molecule has 10 nitrogen and oxygen atoms in total. The number of aliphatic hydroxyl groups excluding tert-OH is 1. The topological polar surface area (TPSA) is 141 Å². The fourth-order valence-corrected chi connectivity index (χ4v) is 9.77. The first-order valence-corrected chi connectivity index (χ1v) is 14.6. The van der Waals surface area contributed by atoms with E-state index in [4.69, 9.17) is 23.7 Å². The van der Waals surface area contributed by atoms with Gasteiger partial charge in [0.15, 0.2) is 5.78 Å². The third-order valence-corrected chi connectivity index (χ3v) is 11.9. The molecule has 0 aromatic carbocycles. The third kappa shape index (κ3) is 3.30. The van der Waals surface area contributed by atoms with Crippen molar-refractivity contribution in [3.63, 3.8) is 0 Å². The van der Waals surface area contributed by atoms with Gasteiger partial charge in [0.1, 0.15) is 18.8 Å². The molecule has 3 aliphatic heterocycles. The molecule has 220 valence electrons. The van der Waals surface area contributed by atoms with Gasteiger partial charge in [0.25, 0.3) is 0 Å². The van der Waals surface area contributed by atoms with Gasteiger partial charge in [-0.25, -0.2) is 4.79 Å². The van der Waals surface area contributed by atoms with Gasteiger partial charge in [0.05, 0.1) is 29.3 Å². The molecule has 0 aromatic heterocycles. The van der Waals surface area contributed by atoms with Crippen LogP contribution in [0.25, 0.3) is 0 Å². The average molecular weight is 561 g/mol. The first kappa shape index (κ1) is 27.2. The number of ether oxygens (including phenoxy) is 5. The van der Waals surface area contributed by atoms with E-state index in [-0.39, 0.29) is 42.9 Å². The van der Waals surface area contributed by atoms with Gasteiger partial charge in [-0.1, -0.05) is 13.0 Å². The van der Waals surface area contributed by atoms with Crippen LogP contribution < -0.4 is 0 Å². The number of hydrogen-bond acceptors (Lipinski definition) is 10. The van der Waals surface area contributed by atoms with Crippen LogP contribution in [0.15, 0.2) is 23.3 Å². The summed E-state index contributed by atoms with van der Waals surface area (Å²) < 4.78 is 29.4. The zero-order valence-electron chi connectivity index (χ0n) is 23.5. The quantitative estimate of drug-likeness (QED) is 0.336. The second-order valence-electron chi connectivity index (χ2n) is 13.7. The SMILES string of the molecule is COC1CC(C)OC2OC3CC4CCC5C(C(=O)C(O)C6(C)C(C7=CC(=O)OC7)=CCC56O)C4(C)CC3OC12O. The minimum Gasteiger partial charge on any atom is -0.458 e. The highest BCUT2D eigenvalue weighted by atomic mass is 16.8. The van der Waals surface area contributed by atoms with Crippen LogP contribution in [-0.4, -0.2) is 89.0 Å². The Bertz CT molecular complexity index is 1200. The number of cyclic esters (lactones) is 1. The lowest BCUT2D eigenvalue weighted by atomic mass is 9.42. The molecule has 13 atom stereocenters. The normalized spacial score (nSPS) is 55.2. The number of rotatable bonds is 2. The van der Waals surface area contributed by atoms with Gasteiger partial charge in [0, 0.05) is 31.1 Å². The lowest BCUT2D eigenvalue weighted by Gasteiger charge is -2.65. The van der Waals surface area contributed by atoms with E-state index in [9.17, 15) is 24.9 Å². The van der Waals surface area contributed by atoms with E-state index in [1.165, 1.54) is 13.2 Å². The van der Waals surface area contributed by atoms with Crippen LogP contribution in [0, 0.1) is 28.6 Å². The number of aliphatic hydroxyl groups is 3. The smallest absolute Gasteiger partial charge is 0.331 e. The largest absolute Gasteiger partial charge is 0.458 e. The number of ketones is 1. The Balaban J connectivity index is 1.21. The Morgan fingerprint density at radius 1 is 1.07 bits per heavy atom. The highest BCUT2D eigenvalue weighted by molar-refractivity contribution is 5.91. The summed E-state index contributed by atoms with van der Waals surface area (Å²) in [5.41, 5.74) is -1.96. The zero-order chi connectivity index (χ0) is 28.4. The Morgan fingerprint density at radius 2 is 1.85 bits per heavy atom. The first-order chi connectivity index (χ1) is 18.9. The summed E-state index contributed by atoms with van der Waals surface area (Å²) in [6.45, 7) is 5.81. The summed E-state index contributed by atoms with van der Waals surface area (Å²) in [5.74, 6) is -3.39. The molecule has 0 aromatic rings. The molecule has 5 fully saturated rings. The maximum absolute atomic E-state index is 14.3. The van der Waals surface area contributed by atoms with Crippen molar-refractivity contribution in [2.24, 2.45) is 28.6 Å². The van der Waals surface area contributed by atoms with Gasteiger partial charge in [-0.15, -0.1) is 0 Å². The molecule has 0 spiro atoms. The molecular formula is C30H40O10. The minimum atomic E-state index is -1.77. The number of hydrogen-bond donors (Lipinski definition) is 3. The van der Waals surface area contributed by atoms with E-state index in [1.807, 2.05) is 13.0 Å². The van der Waals surface area contributed by atoms with Gasteiger partial charge < -0.3 is 39.0 Å². The van der Waals surface area contributed by atoms with Crippen LogP contribution in [0.5, 0.6) is 0 Å². The molecule has 0 amide bonds. The zero-order valence-corrected chi connectivity index (χ0v) is 23.5. The van der Waals surface area contributed by atoms with Gasteiger partial charge in [-0.3, -0.25) is 4.79 Å². The van der Waals surface area contributed by atoms with Crippen molar-refractivity contribution >= 4 is 11.8 Å². The molecule has 2 saturated heterocycles. The molecule has 7 rings (SSSR count). The number of carbonyl (C=O) groups excluding carboxylic acids is 2. The first-order valence-electron chi connectivity index (χ1n) is 14.6. The number of carbonyl (C=O) groups is 2. The Morgan fingerprint density at radius 3 is 2.55 bits per heavy atom. The molecule has 40 heavy (non-hydrogen) atoms. The second-order valence-corrected chi connectivity index (χ2v) is 13.7. The van der Waals surface area contributed by atoms with Crippen LogP contribution in [0.1, 0.15) is 59.3 Å². The van der Waals surface area contributed by atoms with Crippen LogP contribution in [0.3, 0.4) is 0 Å². The maximum atomic E-state index is 14.3. The fourth-order valence-electron chi connectivity index (χ4n) is 9.77. The molecule has 3 heterocycles. The molecule has 10 heteroatoms. The van der Waals surface area contributed by atoms with Gasteiger partial charge in [-0.2, -0.15) is 0 Å². The van der Waals surface area contributed by atoms with Crippen LogP contribution in [0.4, 0.5) is 0 Å². The standard InChI is InChI=1S/C30H40O10/c1-14-9-21(36-4)30(35)26(38-14)39-19-11-16-5-6-18-23(27(16,2)12-20(19)40-30)24(32)25(33)28(3)17(7-8-29(18,28)34)15-10-22(31)37-13-15/h7,10,14,16,18-21,23,25-26,33-35H,5-6,8-9,11-13H2,1-4H3. The summed E-state index contributed by atoms with van der Waals surface area (Å²) in [5, 5.41) is 35.7. The molecule has 7 aliphatic rings. The van der Waals surface area contributed by atoms with E-state index in [0.29, 0.717) is 36.8 Å². The molecule has 3 N–H and O–H groups in total. The summed E-state index contributed by atoms with van der Waals surface area (Å²) in [6.07, 6.45) is 2.47. The van der Waals surface area contributed by atoms with Gasteiger partial charge >= 0.3 is 5.97 Å².